The van der Waals surface area contributed by atoms with Gasteiger partial charge in [0.05, 0.1) is 7.11 Å². The first-order valence-corrected chi connectivity index (χ1v) is 7.94. The number of nitrogens with one attached hydrogen (secondary N) is 1. The summed E-state index contributed by atoms with van der Waals surface area (Å²) in [5.41, 5.74) is 1.57. The van der Waals surface area contributed by atoms with Crippen LogP contribution in [-0.4, -0.2) is 38.2 Å². The second kappa shape index (κ2) is 8.40. The van der Waals surface area contributed by atoms with E-state index in [1.165, 1.54) is 12.0 Å². The van der Waals surface area contributed by atoms with Gasteiger partial charge in [-0.15, -0.1) is 0 Å². The molecule has 21 heavy (non-hydrogen) atoms. The minimum absolute atomic E-state index is 0.246. The lowest BCUT2D eigenvalue weighted by Crippen LogP contribution is -2.46. The standard InChI is InChI=1S/C18H32N2O/c1-7-12-19-15(2)18(3,4)14-20(5)13-16-8-10-17(21-6)11-9-16/h8-11,15,19H,7,12-14H2,1-6H3. The van der Waals surface area contributed by atoms with Crippen LogP contribution in [0.2, 0.25) is 0 Å². The van der Waals surface area contributed by atoms with E-state index in [4.69, 9.17) is 4.74 Å². The molecule has 0 bridgehead atoms. The summed E-state index contributed by atoms with van der Waals surface area (Å²) in [7, 11) is 3.90. The zero-order valence-electron chi connectivity index (χ0n) is 14.6. The van der Waals surface area contributed by atoms with Crippen LogP contribution < -0.4 is 10.1 Å². The van der Waals surface area contributed by atoms with E-state index in [-0.39, 0.29) is 5.41 Å². The number of hydrogen-bond acceptors (Lipinski definition) is 3. The van der Waals surface area contributed by atoms with Crippen molar-refractivity contribution in [1.29, 1.82) is 0 Å². The van der Waals surface area contributed by atoms with Crippen LogP contribution in [0.3, 0.4) is 0 Å². The van der Waals surface area contributed by atoms with Gasteiger partial charge in [0.1, 0.15) is 5.75 Å². The second-order valence-corrected chi connectivity index (χ2v) is 6.68. The molecule has 0 amide bonds. The lowest BCUT2D eigenvalue weighted by atomic mass is 9.84. The first kappa shape index (κ1) is 18.0. The Balaban J connectivity index is 2.52. The molecule has 1 atom stereocenters. The Hall–Kier alpha value is -1.06. The van der Waals surface area contributed by atoms with Gasteiger partial charge in [0.2, 0.25) is 0 Å². The third-order valence-corrected chi connectivity index (χ3v) is 4.16. The maximum absolute atomic E-state index is 5.20. The molecule has 1 unspecified atom stereocenters. The smallest absolute Gasteiger partial charge is 0.118 e. The molecule has 0 radical (unpaired) electrons. The lowest BCUT2D eigenvalue weighted by molar-refractivity contribution is 0.160. The first-order chi connectivity index (χ1) is 9.89. The fourth-order valence-electron chi connectivity index (χ4n) is 2.57. The molecule has 0 fully saturated rings. The third-order valence-electron chi connectivity index (χ3n) is 4.16. The van der Waals surface area contributed by atoms with Crippen molar-refractivity contribution in [3.8, 4) is 5.75 Å². The maximum atomic E-state index is 5.20. The van der Waals surface area contributed by atoms with Crippen molar-refractivity contribution in [3.63, 3.8) is 0 Å². The molecule has 0 saturated heterocycles. The molecule has 3 heteroatoms. The molecule has 1 aromatic rings. The summed E-state index contributed by atoms with van der Waals surface area (Å²) in [5.74, 6) is 0.916. The largest absolute Gasteiger partial charge is 0.497 e. The van der Waals surface area contributed by atoms with Crippen LogP contribution in [-0.2, 0) is 6.54 Å². The van der Waals surface area contributed by atoms with Gasteiger partial charge in [-0.3, -0.25) is 0 Å². The highest BCUT2D eigenvalue weighted by molar-refractivity contribution is 5.27. The second-order valence-electron chi connectivity index (χ2n) is 6.68. The van der Waals surface area contributed by atoms with E-state index >= 15 is 0 Å². The van der Waals surface area contributed by atoms with Gasteiger partial charge in [0.25, 0.3) is 0 Å². The van der Waals surface area contributed by atoms with Gasteiger partial charge in [-0.2, -0.15) is 0 Å². The van der Waals surface area contributed by atoms with E-state index in [1.807, 2.05) is 12.1 Å². The number of benzene rings is 1. The summed E-state index contributed by atoms with van der Waals surface area (Å²) >= 11 is 0. The van der Waals surface area contributed by atoms with Crippen LogP contribution in [0, 0.1) is 5.41 Å². The van der Waals surface area contributed by atoms with E-state index in [1.54, 1.807) is 7.11 Å². The Morgan fingerprint density at radius 1 is 1.24 bits per heavy atom. The van der Waals surface area contributed by atoms with Crippen LogP contribution in [0.25, 0.3) is 0 Å². The fourth-order valence-corrected chi connectivity index (χ4v) is 2.57. The molecule has 0 aliphatic rings. The van der Waals surface area contributed by atoms with Crippen molar-refractivity contribution in [2.24, 2.45) is 5.41 Å². The molecule has 0 heterocycles. The average molecular weight is 292 g/mol. The minimum atomic E-state index is 0.246. The summed E-state index contributed by atoms with van der Waals surface area (Å²) < 4.78 is 5.20. The van der Waals surface area contributed by atoms with Crippen molar-refractivity contribution in [2.45, 2.75) is 46.7 Å². The number of nitrogens with zero attached hydrogens (tertiary/aromatic N) is 1. The summed E-state index contributed by atoms with van der Waals surface area (Å²) in [4.78, 5) is 2.39. The number of ether oxygens (including phenoxy) is 1. The quantitative estimate of drug-likeness (QED) is 0.753. The summed E-state index contributed by atoms with van der Waals surface area (Å²) in [6.45, 7) is 12.3. The Labute approximate surface area is 130 Å². The van der Waals surface area contributed by atoms with E-state index in [0.717, 1.165) is 25.4 Å². The van der Waals surface area contributed by atoms with Crippen molar-refractivity contribution in [3.05, 3.63) is 29.8 Å². The van der Waals surface area contributed by atoms with Crippen molar-refractivity contribution >= 4 is 0 Å². The summed E-state index contributed by atoms with van der Waals surface area (Å²) in [6.07, 6.45) is 1.18. The van der Waals surface area contributed by atoms with Gasteiger partial charge in [0.15, 0.2) is 0 Å². The molecule has 1 N–H and O–H groups in total. The predicted octanol–water partition coefficient (Wildman–Crippen LogP) is 3.54. The fraction of sp³-hybridized carbons (Fsp3) is 0.667. The molecule has 120 valence electrons. The van der Waals surface area contributed by atoms with Crippen LogP contribution in [0.1, 0.15) is 39.7 Å². The van der Waals surface area contributed by atoms with Crippen molar-refractivity contribution in [1.82, 2.24) is 10.2 Å². The van der Waals surface area contributed by atoms with E-state index in [0.29, 0.717) is 6.04 Å². The normalized spacial score (nSPS) is 13.5. The summed E-state index contributed by atoms with van der Waals surface area (Å²) in [5, 5.41) is 3.61. The molecule has 0 aliphatic carbocycles. The lowest BCUT2D eigenvalue weighted by Gasteiger charge is -2.36. The monoisotopic (exact) mass is 292 g/mol. The molecule has 0 saturated carbocycles. The zero-order valence-corrected chi connectivity index (χ0v) is 14.6. The molecule has 1 aromatic carbocycles. The Morgan fingerprint density at radius 2 is 1.86 bits per heavy atom. The average Bonchev–Trinajstić information content (AvgIpc) is 2.44. The highest BCUT2D eigenvalue weighted by atomic mass is 16.5. The summed E-state index contributed by atoms with van der Waals surface area (Å²) in [6, 6.07) is 8.84. The number of rotatable bonds is 9. The van der Waals surface area contributed by atoms with Crippen LogP contribution >= 0.6 is 0 Å². The molecule has 0 aromatic heterocycles. The Morgan fingerprint density at radius 3 is 2.38 bits per heavy atom. The minimum Gasteiger partial charge on any atom is -0.497 e. The third kappa shape index (κ3) is 6.06. The maximum Gasteiger partial charge on any atom is 0.118 e. The van der Waals surface area contributed by atoms with Gasteiger partial charge in [-0.05, 0) is 50.0 Å². The van der Waals surface area contributed by atoms with E-state index < -0.39 is 0 Å². The molecule has 0 spiro atoms. The highest BCUT2D eigenvalue weighted by Gasteiger charge is 2.26. The van der Waals surface area contributed by atoms with Gasteiger partial charge in [-0.25, -0.2) is 0 Å². The molecular weight excluding hydrogens is 260 g/mol. The number of methoxy groups -OCH3 is 1. The zero-order chi connectivity index (χ0) is 15.9. The number of hydrogen-bond donors (Lipinski definition) is 1. The van der Waals surface area contributed by atoms with Crippen molar-refractivity contribution in [2.75, 3.05) is 27.2 Å². The Bertz CT molecular complexity index is 400. The molecule has 1 rings (SSSR count). The highest BCUT2D eigenvalue weighted by Crippen LogP contribution is 2.23. The van der Waals surface area contributed by atoms with Gasteiger partial charge >= 0.3 is 0 Å². The van der Waals surface area contributed by atoms with E-state index in [2.05, 4.69) is 57.1 Å². The Kier molecular flexibility index (Phi) is 7.20. The van der Waals surface area contributed by atoms with E-state index in [9.17, 15) is 0 Å². The molecule has 3 nitrogen and oxygen atoms in total. The molecule has 0 aliphatic heterocycles. The van der Waals surface area contributed by atoms with Gasteiger partial charge < -0.3 is 15.0 Å². The van der Waals surface area contributed by atoms with Crippen LogP contribution in [0.15, 0.2) is 24.3 Å². The van der Waals surface area contributed by atoms with Gasteiger partial charge in [0, 0.05) is 19.1 Å². The molecular formula is C18H32N2O. The van der Waals surface area contributed by atoms with Gasteiger partial charge in [-0.1, -0.05) is 32.9 Å². The van der Waals surface area contributed by atoms with Crippen LogP contribution in [0.5, 0.6) is 5.75 Å². The van der Waals surface area contributed by atoms with Crippen molar-refractivity contribution < 1.29 is 4.74 Å². The van der Waals surface area contributed by atoms with Crippen LogP contribution in [0.4, 0.5) is 0 Å². The first-order valence-electron chi connectivity index (χ1n) is 7.94. The predicted molar refractivity (Wildman–Crippen MR) is 90.9 cm³/mol. The SMILES string of the molecule is CCCNC(C)C(C)(C)CN(C)Cc1ccc(OC)cc1. The topological polar surface area (TPSA) is 24.5 Å².